The van der Waals surface area contributed by atoms with Crippen LogP contribution in [0.4, 0.5) is 5.69 Å². The smallest absolute Gasteiger partial charge is 0.311 e. The number of hydrogen-bond acceptors (Lipinski definition) is 5. The SMILES string of the molecule is COc1ccc(Oc2ccc(CO)cc2[N+](=O)[O-])cc1. The van der Waals surface area contributed by atoms with Crippen molar-refractivity contribution in [3.8, 4) is 17.2 Å². The summed E-state index contributed by atoms with van der Waals surface area (Å²) in [5.41, 5.74) is 0.270. The van der Waals surface area contributed by atoms with Gasteiger partial charge in [0, 0.05) is 6.07 Å². The van der Waals surface area contributed by atoms with E-state index in [4.69, 9.17) is 14.6 Å². The average molecular weight is 275 g/mol. The van der Waals surface area contributed by atoms with Gasteiger partial charge in [-0.15, -0.1) is 0 Å². The van der Waals surface area contributed by atoms with Crippen molar-refractivity contribution in [3.63, 3.8) is 0 Å². The second-order valence-electron chi connectivity index (χ2n) is 3.99. The molecule has 0 unspecified atom stereocenters. The minimum absolute atomic E-state index is 0.123. The highest BCUT2D eigenvalue weighted by Crippen LogP contribution is 2.32. The molecule has 0 atom stereocenters. The van der Waals surface area contributed by atoms with Crippen LogP contribution in [0.2, 0.25) is 0 Å². The Morgan fingerprint density at radius 2 is 1.80 bits per heavy atom. The third kappa shape index (κ3) is 3.04. The summed E-state index contributed by atoms with van der Waals surface area (Å²) in [5, 5.41) is 20.0. The van der Waals surface area contributed by atoms with Crippen LogP contribution in [-0.2, 0) is 6.61 Å². The van der Waals surface area contributed by atoms with Crippen LogP contribution in [-0.4, -0.2) is 17.1 Å². The van der Waals surface area contributed by atoms with Gasteiger partial charge in [-0.25, -0.2) is 0 Å². The van der Waals surface area contributed by atoms with E-state index in [0.717, 1.165) is 0 Å². The molecule has 0 radical (unpaired) electrons. The highest BCUT2D eigenvalue weighted by molar-refractivity contribution is 5.50. The summed E-state index contributed by atoms with van der Waals surface area (Å²) in [7, 11) is 1.55. The standard InChI is InChI=1S/C14H13NO5/c1-19-11-3-5-12(6-4-11)20-14-7-2-10(9-16)8-13(14)15(17)18/h2-8,16H,9H2,1H3. The summed E-state index contributed by atoms with van der Waals surface area (Å²) in [4.78, 5) is 10.5. The molecule has 0 bridgehead atoms. The number of aliphatic hydroxyl groups is 1. The summed E-state index contributed by atoms with van der Waals surface area (Å²) < 4.78 is 10.5. The van der Waals surface area contributed by atoms with Gasteiger partial charge in [0.15, 0.2) is 0 Å². The first kappa shape index (κ1) is 13.8. The summed E-state index contributed by atoms with van der Waals surface area (Å²) in [6, 6.07) is 11.0. The van der Waals surface area contributed by atoms with Gasteiger partial charge in [0.25, 0.3) is 0 Å². The van der Waals surface area contributed by atoms with Gasteiger partial charge in [-0.2, -0.15) is 0 Å². The van der Waals surface area contributed by atoms with Crippen molar-refractivity contribution in [3.05, 3.63) is 58.1 Å². The number of hydrogen-bond donors (Lipinski definition) is 1. The van der Waals surface area contributed by atoms with Crippen LogP contribution in [0.3, 0.4) is 0 Å². The number of nitro benzene ring substituents is 1. The van der Waals surface area contributed by atoms with Gasteiger partial charge < -0.3 is 14.6 Å². The Kier molecular flexibility index (Phi) is 4.17. The molecule has 0 aliphatic carbocycles. The molecule has 0 aromatic heterocycles. The molecule has 2 rings (SSSR count). The van der Waals surface area contributed by atoms with Gasteiger partial charge in [-0.3, -0.25) is 10.1 Å². The maximum Gasteiger partial charge on any atom is 0.311 e. The molecule has 6 heteroatoms. The van der Waals surface area contributed by atoms with Crippen LogP contribution in [0.1, 0.15) is 5.56 Å². The monoisotopic (exact) mass is 275 g/mol. The average Bonchev–Trinajstić information content (AvgIpc) is 2.48. The topological polar surface area (TPSA) is 81.8 Å². The first-order valence-electron chi connectivity index (χ1n) is 5.84. The lowest BCUT2D eigenvalue weighted by Gasteiger charge is -2.08. The van der Waals surface area contributed by atoms with E-state index in [2.05, 4.69) is 0 Å². The fourth-order valence-corrected chi connectivity index (χ4v) is 1.66. The normalized spacial score (nSPS) is 10.1. The number of rotatable bonds is 5. The predicted octanol–water partition coefficient (Wildman–Crippen LogP) is 2.89. The minimum Gasteiger partial charge on any atom is -0.497 e. The van der Waals surface area contributed by atoms with E-state index < -0.39 is 4.92 Å². The van der Waals surface area contributed by atoms with Crippen LogP contribution in [0.15, 0.2) is 42.5 Å². The Bertz CT molecular complexity index is 609. The molecule has 0 aliphatic rings. The lowest BCUT2D eigenvalue weighted by Crippen LogP contribution is -1.95. The lowest BCUT2D eigenvalue weighted by molar-refractivity contribution is -0.385. The van der Waals surface area contributed by atoms with E-state index in [0.29, 0.717) is 17.1 Å². The molecule has 0 aliphatic heterocycles. The minimum atomic E-state index is -0.544. The Balaban J connectivity index is 2.29. The van der Waals surface area contributed by atoms with Gasteiger partial charge in [0.2, 0.25) is 5.75 Å². The maximum atomic E-state index is 11.0. The number of methoxy groups -OCH3 is 1. The molecule has 0 saturated carbocycles. The van der Waals surface area contributed by atoms with Gasteiger partial charge in [0.05, 0.1) is 18.6 Å². The van der Waals surface area contributed by atoms with Crippen molar-refractivity contribution >= 4 is 5.69 Å². The zero-order valence-corrected chi connectivity index (χ0v) is 10.8. The van der Waals surface area contributed by atoms with Crippen molar-refractivity contribution < 1.29 is 19.5 Å². The molecule has 1 N–H and O–H groups in total. The third-order valence-corrected chi connectivity index (χ3v) is 2.69. The van der Waals surface area contributed by atoms with Crippen molar-refractivity contribution in [2.45, 2.75) is 6.61 Å². The zero-order valence-electron chi connectivity index (χ0n) is 10.8. The third-order valence-electron chi connectivity index (χ3n) is 2.69. The second-order valence-corrected chi connectivity index (χ2v) is 3.99. The van der Waals surface area contributed by atoms with Crippen molar-refractivity contribution in [2.75, 3.05) is 7.11 Å². The molecular formula is C14H13NO5. The molecule has 104 valence electrons. The Morgan fingerprint density at radius 1 is 1.15 bits per heavy atom. The molecule has 20 heavy (non-hydrogen) atoms. The van der Waals surface area contributed by atoms with Gasteiger partial charge >= 0.3 is 5.69 Å². The molecule has 2 aromatic carbocycles. The van der Waals surface area contributed by atoms with E-state index in [9.17, 15) is 10.1 Å². The number of nitro groups is 1. The number of aliphatic hydroxyl groups excluding tert-OH is 1. The molecule has 0 amide bonds. The molecule has 2 aromatic rings. The zero-order chi connectivity index (χ0) is 14.5. The van der Waals surface area contributed by atoms with Crippen LogP contribution in [0, 0.1) is 10.1 Å². The van der Waals surface area contributed by atoms with Crippen molar-refractivity contribution in [2.24, 2.45) is 0 Å². The van der Waals surface area contributed by atoms with E-state index >= 15 is 0 Å². The van der Waals surface area contributed by atoms with Crippen LogP contribution < -0.4 is 9.47 Å². The number of ether oxygens (including phenoxy) is 2. The first-order chi connectivity index (χ1) is 9.63. The predicted molar refractivity (Wildman–Crippen MR) is 72.1 cm³/mol. The highest BCUT2D eigenvalue weighted by atomic mass is 16.6. The van der Waals surface area contributed by atoms with E-state index in [1.165, 1.54) is 12.1 Å². The summed E-state index contributed by atoms with van der Waals surface area (Å²) in [5.74, 6) is 1.26. The van der Waals surface area contributed by atoms with E-state index in [-0.39, 0.29) is 18.0 Å². The van der Waals surface area contributed by atoms with E-state index in [1.54, 1.807) is 37.4 Å². The summed E-state index contributed by atoms with van der Waals surface area (Å²) in [6.07, 6.45) is 0. The largest absolute Gasteiger partial charge is 0.497 e. The molecule has 0 spiro atoms. The molecular weight excluding hydrogens is 262 g/mol. The Morgan fingerprint density at radius 3 is 2.35 bits per heavy atom. The number of nitrogens with zero attached hydrogens (tertiary/aromatic N) is 1. The van der Waals surface area contributed by atoms with Crippen LogP contribution >= 0.6 is 0 Å². The fourth-order valence-electron chi connectivity index (χ4n) is 1.66. The van der Waals surface area contributed by atoms with Crippen molar-refractivity contribution in [1.29, 1.82) is 0 Å². The van der Waals surface area contributed by atoms with Crippen LogP contribution in [0.25, 0.3) is 0 Å². The summed E-state index contributed by atoms with van der Waals surface area (Å²) in [6.45, 7) is -0.260. The molecule has 0 heterocycles. The first-order valence-corrected chi connectivity index (χ1v) is 5.84. The highest BCUT2D eigenvalue weighted by Gasteiger charge is 2.16. The Hall–Kier alpha value is -2.60. The van der Waals surface area contributed by atoms with Crippen molar-refractivity contribution in [1.82, 2.24) is 0 Å². The van der Waals surface area contributed by atoms with Gasteiger partial charge in [0.1, 0.15) is 11.5 Å². The quantitative estimate of drug-likeness (QED) is 0.670. The summed E-state index contributed by atoms with van der Waals surface area (Å²) >= 11 is 0. The van der Waals surface area contributed by atoms with Crippen LogP contribution in [0.5, 0.6) is 17.2 Å². The molecule has 6 nitrogen and oxygen atoms in total. The Labute approximate surface area is 115 Å². The molecule has 0 saturated heterocycles. The second kappa shape index (κ2) is 6.03. The molecule has 0 fully saturated rings. The van der Waals surface area contributed by atoms with Gasteiger partial charge in [-0.1, -0.05) is 6.07 Å². The van der Waals surface area contributed by atoms with Gasteiger partial charge in [-0.05, 0) is 35.9 Å². The lowest BCUT2D eigenvalue weighted by atomic mass is 10.2. The van der Waals surface area contributed by atoms with E-state index in [1.807, 2.05) is 0 Å². The maximum absolute atomic E-state index is 11.0. The fraction of sp³-hybridized carbons (Fsp3) is 0.143. The number of benzene rings is 2.